The first-order valence-electron chi connectivity index (χ1n) is 4.59. The summed E-state index contributed by atoms with van der Waals surface area (Å²) < 4.78 is 27.0. The number of phenolic OH excluding ortho intramolecular Hbond substituents is 1. The number of hydrogen-bond acceptors (Lipinski definition) is 3. The summed E-state index contributed by atoms with van der Waals surface area (Å²) in [6.45, 7) is 3.24. The van der Waals surface area contributed by atoms with Gasteiger partial charge in [-0.15, -0.1) is 0 Å². The summed E-state index contributed by atoms with van der Waals surface area (Å²) in [5.41, 5.74) is -1.00. The van der Waals surface area contributed by atoms with Crippen molar-refractivity contribution in [3.8, 4) is 5.75 Å². The van der Waals surface area contributed by atoms with E-state index < -0.39 is 34.4 Å². The highest BCUT2D eigenvalue weighted by atomic mass is 19.1. The molecule has 1 aromatic rings. The lowest BCUT2D eigenvalue weighted by atomic mass is 10.1. The van der Waals surface area contributed by atoms with Crippen LogP contribution in [0.2, 0.25) is 0 Å². The van der Waals surface area contributed by atoms with Gasteiger partial charge in [0, 0.05) is 7.05 Å². The van der Waals surface area contributed by atoms with Crippen LogP contribution < -0.4 is 0 Å². The van der Waals surface area contributed by atoms with Crippen molar-refractivity contribution in [1.29, 1.82) is 0 Å². The molecule has 1 rings (SSSR count). The van der Waals surface area contributed by atoms with E-state index in [4.69, 9.17) is 0 Å². The molecule has 1 amide bonds. The Bertz CT molecular complexity index is 474. The van der Waals surface area contributed by atoms with Gasteiger partial charge in [0.1, 0.15) is 5.82 Å². The zero-order valence-electron chi connectivity index (χ0n) is 9.33. The Morgan fingerprint density at radius 3 is 2.65 bits per heavy atom. The molecule has 4 nitrogen and oxygen atoms in total. The average molecular weight is 243 g/mol. The number of phenols is 1. The fraction of sp³-hybridized carbons (Fsp3) is 0.182. The first-order valence-corrected chi connectivity index (χ1v) is 4.59. The molecular weight excluding hydrogens is 232 g/mol. The predicted molar refractivity (Wildman–Crippen MR) is 57.2 cm³/mol. The highest BCUT2D eigenvalue weighted by molar-refractivity contribution is 5.94. The third kappa shape index (κ3) is 2.26. The Balaban J connectivity index is 3.41. The minimum atomic E-state index is -1.10. The highest BCUT2D eigenvalue weighted by Crippen LogP contribution is 2.28. The van der Waals surface area contributed by atoms with E-state index in [0.717, 1.165) is 11.1 Å². The monoisotopic (exact) mass is 243 g/mol. The molecule has 0 atom stereocenters. The number of benzene rings is 1. The first-order chi connectivity index (χ1) is 7.93. The Hall–Kier alpha value is -1.95. The van der Waals surface area contributed by atoms with Crippen LogP contribution in [0.5, 0.6) is 5.75 Å². The second-order valence-corrected chi connectivity index (χ2v) is 3.17. The number of hydroxylamine groups is 2. The SMILES string of the molecule is C=Cc1c(O)c(F)cc(C(=O)N(C)OC)c1F. The molecule has 0 spiro atoms. The maximum atomic E-state index is 13.8. The van der Waals surface area contributed by atoms with Gasteiger partial charge in [0.2, 0.25) is 0 Å². The van der Waals surface area contributed by atoms with E-state index >= 15 is 0 Å². The van der Waals surface area contributed by atoms with Gasteiger partial charge in [-0.2, -0.15) is 0 Å². The Morgan fingerprint density at radius 1 is 1.59 bits per heavy atom. The molecule has 0 aromatic heterocycles. The van der Waals surface area contributed by atoms with E-state index in [1.807, 2.05) is 0 Å². The van der Waals surface area contributed by atoms with Crippen LogP contribution in [0, 0.1) is 11.6 Å². The summed E-state index contributed by atoms with van der Waals surface area (Å²) in [6.07, 6.45) is 0.928. The third-order valence-electron chi connectivity index (χ3n) is 2.22. The van der Waals surface area contributed by atoms with Crippen LogP contribution in [-0.2, 0) is 4.84 Å². The van der Waals surface area contributed by atoms with Crippen molar-refractivity contribution in [2.75, 3.05) is 14.2 Å². The summed E-state index contributed by atoms with van der Waals surface area (Å²) in [4.78, 5) is 16.2. The average Bonchev–Trinajstić information content (AvgIpc) is 2.32. The summed E-state index contributed by atoms with van der Waals surface area (Å²) >= 11 is 0. The van der Waals surface area contributed by atoms with Crippen molar-refractivity contribution in [3.05, 3.63) is 35.4 Å². The summed E-state index contributed by atoms with van der Waals surface area (Å²) in [7, 11) is 2.46. The van der Waals surface area contributed by atoms with Crippen molar-refractivity contribution >= 4 is 12.0 Å². The van der Waals surface area contributed by atoms with Gasteiger partial charge in [-0.05, 0) is 6.07 Å². The lowest BCUT2D eigenvalue weighted by Gasteiger charge is -2.15. The van der Waals surface area contributed by atoms with Crippen LogP contribution in [0.15, 0.2) is 12.6 Å². The highest BCUT2D eigenvalue weighted by Gasteiger charge is 2.23. The molecule has 6 heteroatoms. The van der Waals surface area contributed by atoms with Crippen LogP contribution in [0.1, 0.15) is 15.9 Å². The molecule has 0 aliphatic rings. The number of rotatable bonds is 3. The van der Waals surface area contributed by atoms with Gasteiger partial charge in [0.15, 0.2) is 11.6 Å². The lowest BCUT2D eigenvalue weighted by Crippen LogP contribution is -2.26. The third-order valence-corrected chi connectivity index (χ3v) is 2.22. The molecule has 0 saturated carbocycles. The molecule has 1 aromatic carbocycles. The molecule has 0 aliphatic carbocycles. The number of carbonyl (C=O) groups excluding carboxylic acids is 1. The maximum Gasteiger partial charge on any atom is 0.280 e. The molecule has 0 fully saturated rings. The summed E-state index contributed by atoms with van der Waals surface area (Å²) in [5.74, 6) is -3.90. The second-order valence-electron chi connectivity index (χ2n) is 3.17. The molecule has 92 valence electrons. The van der Waals surface area contributed by atoms with Crippen LogP contribution in [-0.4, -0.2) is 30.2 Å². The van der Waals surface area contributed by atoms with E-state index in [9.17, 15) is 18.7 Å². The number of aromatic hydroxyl groups is 1. The Kier molecular flexibility index (Phi) is 3.80. The van der Waals surface area contributed by atoms with Gasteiger partial charge < -0.3 is 5.11 Å². The normalized spacial score (nSPS) is 10.1. The van der Waals surface area contributed by atoms with Gasteiger partial charge in [-0.1, -0.05) is 12.7 Å². The first kappa shape index (κ1) is 13.1. The van der Waals surface area contributed by atoms with Crippen molar-refractivity contribution in [2.24, 2.45) is 0 Å². The zero-order chi connectivity index (χ0) is 13.2. The topological polar surface area (TPSA) is 49.8 Å². The van der Waals surface area contributed by atoms with Crippen LogP contribution in [0.4, 0.5) is 8.78 Å². The van der Waals surface area contributed by atoms with Crippen molar-refractivity contribution in [3.63, 3.8) is 0 Å². The molecule has 0 unspecified atom stereocenters. The minimum absolute atomic E-state index is 0.460. The quantitative estimate of drug-likeness (QED) is 0.825. The Morgan fingerprint density at radius 2 is 2.18 bits per heavy atom. The van der Waals surface area contributed by atoms with Gasteiger partial charge in [0.25, 0.3) is 5.91 Å². The van der Waals surface area contributed by atoms with E-state index in [1.54, 1.807) is 0 Å². The number of carbonyl (C=O) groups is 1. The minimum Gasteiger partial charge on any atom is -0.504 e. The molecule has 0 radical (unpaired) electrons. The zero-order valence-corrected chi connectivity index (χ0v) is 9.33. The molecule has 0 heterocycles. The number of halogens is 2. The second kappa shape index (κ2) is 4.92. The van der Waals surface area contributed by atoms with E-state index in [-0.39, 0.29) is 0 Å². The summed E-state index contributed by atoms with van der Waals surface area (Å²) in [5, 5.41) is 9.98. The smallest absolute Gasteiger partial charge is 0.280 e. The lowest BCUT2D eigenvalue weighted by molar-refractivity contribution is -0.0759. The summed E-state index contributed by atoms with van der Waals surface area (Å²) in [6, 6.07) is 0.607. The number of nitrogens with zero attached hydrogens (tertiary/aromatic N) is 1. The van der Waals surface area contributed by atoms with Crippen LogP contribution >= 0.6 is 0 Å². The van der Waals surface area contributed by atoms with Gasteiger partial charge >= 0.3 is 0 Å². The molecule has 1 N–H and O–H groups in total. The van der Waals surface area contributed by atoms with Gasteiger partial charge in [0.05, 0.1) is 18.2 Å². The fourth-order valence-corrected chi connectivity index (χ4v) is 1.23. The van der Waals surface area contributed by atoms with Crippen molar-refractivity contribution in [2.45, 2.75) is 0 Å². The molecule has 0 saturated heterocycles. The van der Waals surface area contributed by atoms with E-state index in [1.165, 1.54) is 14.2 Å². The van der Waals surface area contributed by atoms with E-state index in [2.05, 4.69) is 11.4 Å². The molecule has 0 aliphatic heterocycles. The molecule has 17 heavy (non-hydrogen) atoms. The predicted octanol–water partition coefficient (Wildman–Crippen LogP) is 1.95. The fourth-order valence-electron chi connectivity index (χ4n) is 1.23. The van der Waals surface area contributed by atoms with Gasteiger partial charge in [-0.25, -0.2) is 13.8 Å². The maximum absolute atomic E-state index is 13.8. The van der Waals surface area contributed by atoms with E-state index in [0.29, 0.717) is 6.07 Å². The van der Waals surface area contributed by atoms with Crippen LogP contribution in [0.25, 0.3) is 6.08 Å². The van der Waals surface area contributed by atoms with Crippen molar-refractivity contribution < 1.29 is 23.5 Å². The largest absolute Gasteiger partial charge is 0.504 e. The van der Waals surface area contributed by atoms with Crippen LogP contribution in [0.3, 0.4) is 0 Å². The standard InChI is InChI=1S/C11H11F2NO3/c1-4-6-9(13)7(5-8(12)10(6)15)11(16)14(2)17-3/h4-5,15H,1H2,2-3H3. The number of amides is 1. The number of hydrogen-bond donors (Lipinski definition) is 1. The van der Waals surface area contributed by atoms with Gasteiger partial charge in [-0.3, -0.25) is 9.63 Å². The van der Waals surface area contributed by atoms with Crippen molar-refractivity contribution in [1.82, 2.24) is 5.06 Å². The Labute approximate surface area is 96.7 Å². The molecular formula is C11H11F2NO3. The molecule has 0 bridgehead atoms.